The minimum atomic E-state index is -0.0407. The lowest BCUT2D eigenvalue weighted by molar-refractivity contribution is -0.115. The van der Waals surface area contributed by atoms with Crippen molar-refractivity contribution in [3.63, 3.8) is 0 Å². The molecule has 0 bridgehead atoms. The first-order valence-electron chi connectivity index (χ1n) is 7.74. The van der Waals surface area contributed by atoms with Crippen LogP contribution in [0.25, 0.3) is 16.2 Å². The maximum atomic E-state index is 12.3. The molecule has 0 aliphatic carbocycles. The van der Waals surface area contributed by atoms with Crippen LogP contribution in [0.5, 0.6) is 0 Å². The van der Waals surface area contributed by atoms with Crippen molar-refractivity contribution >= 4 is 43.8 Å². The van der Waals surface area contributed by atoms with Crippen LogP contribution < -0.4 is 5.32 Å². The zero-order valence-electron chi connectivity index (χ0n) is 13.1. The second-order valence-corrected chi connectivity index (χ2v) is 7.44. The molecule has 6 heteroatoms. The molecule has 124 valence electrons. The molecule has 4 rings (SSSR count). The Bertz CT molecular complexity index is 1020. The molecule has 2 heterocycles. The number of anilines is 1. The molecule has 0 unspecified atom stereocenters. The van der Waals surface area contributed by atoms with Gasteiger partial charge in [0.25, 0.3) is 0 Å². The SMILES string of the molecule is O=C(Cc1cccc(Br)c1)Nc1cccc(-c2cn3ccsc3n2)c1. The number of halogens is 1. The van der Waals surface area contributed by atoms with Crippen molar-refractivity contribution in [3.8, 4) is 11.3 Å². The quantitative estimate of drug-likeness (QED) is 0.513. The Morgan fingerprint density at radius 3 is 2.92 bits per heavy atom. The summed E-state index contributed by atoms with van der Waals surface area (Å²) >= 11 is 5.02. The summed E-state index contributed by atoms with van der Waals surface area (Å²) in [7, 11) is 0. The number of carbonyl (C=O) groups is 1. The highest BCUT2D eigenvalue weighted by Crippen LogP contribution is 2.24. The number of benzene rings is 2. The largest absolute Gasteiger partial charge is 0.326 e. The lowest BCUT2D eigenvalue weighted by Gasteiger charge is -2.07. The first kappa shape index (κ1) is 16.1. The molecule has 0 aliphatic heterocycles. The molecule has 1 amide bonds. The lowest BCUT2D eigenvalue weighted by Crippen LogP contribution is -2.14. The van der Waals surface area contributed by atoms with Crippen molar-refractivity contribution in [2.24, 2.45) is 0 Å². The smallest absolute Gasteiger partial charge is 0.228 e. The fraction of sp³-hybridized carbons (Fsp3) is 0.0526. The second-order valence-electron chi connectivity index (χ2n) is 5.65. The lowest BCUT2D eigenvalue weighted by atomic mass is 10.1. The predicted molar refractivity (Wildman–Crippen MR) is 105 cm³/mol. The van der Waals surface area contributed by atoms with Crippen LogP contribution in [0.2, 0.25) is 0 Å². The molecule has 0 aliphatic rings. The number of imidazole rings is 1. The fourth-order valence-corrected chi connectivity index (χ4v) is 3.81. The van der Waals surface area contributed by atoms with Crippen molar-refractivity contribution in [3.05, 3.63) is 76.3 Å². The van der Waals surface area contributed by atoms with Gasteiger partial charge in [0.2, 0.25) is 5.91 Å². The van der Waals surface area contributed by atoms with Crippen molar-refractivity contribution in [1.29, 1.82) is 0 Å². The molecule has 2 aromatic heterocycles. The van der Waals surface area contributed by atoms with Gasteiger partial charge in [0.05, 0.1) is 12.1 Å². The van der Waals surface area contributed by atoms with E-state index in [1.54, 1.807) is 11.3 Å². The van der Waals surface area contributed by atoms with Crippen LogP contribution in [-0.2, 0) is 11.2 Å². The first-order valence-corrected chi connectivity index (χ1v) is 9.41. The van der Waals surface area contributed by atoms with Crippen molar-refractivity contribution in [1.82, 2.24) is 9.38 Å². The number of fused-ring (bicyclic) bond motifs is 1. The van der Waals surface area contributed by atoms with Crippen molar-refractivity contribution in [2.75, 3.05) is 5.32 Å². The van der Waals surface area contributed by atoms with E-state index in [4.69, 9.17) is 0 Å². The minimum Gasteiger partial charge on any atom is -0.326 e. The van der Waals surface area contributed by atoms with Crippen LogP contribution in [-0.4, -0.2) is 15.3 Å². The standard InChI is InChI=1S/C19H14BrN3OS/c20-15-5-1-3-13(9-15)10-18(24)21-16-6-2-4-14(11-16)17-12-23-7-8-25-19(23)22-17/h1-9,11-12H,10H2,(H,21,24). The number of hydrogen-bond donors (Lipinski definition) is 1. The number of aromatic nitrogens is 2. The number of carbonyl (C=O) groups excluding carboxylic acids is 1. The van der Waals surface area contributed by atoms with Crippen molar-refractivity contribution in [2.45, 2.75) is 6.42 Å². The average molecular weight is 412 g/mol. The van der Waals surface area contributed by atoms with E-state index >= 15 is 0 Å². The summed E-state index contributed by atoms with van der Waals surface area (Å²) in [4.78, 5) is 17.9. The normalized spacial score (nSPS) is 10.9. The summed E-state index contributed by atoms with van der Waals surface area (Å²) in [5.74, 6) is -0.0407. The first-order chi connectivity index (χ1) is 12.2. The van der Waals surface area contributed by atoms with E-state index in [-0.39, 0.29) is 5.91 Å². The minimum absolute atomic E-state index is 0.0407. The number of hydrogen-bond acceptors (Lipinski definition) is 3. The van der Waals surface area contributed by atoms with Gasteiger partial charge in [0, 0.05) is 33.5 Å². The molecular formula is C19H14BrN3OS. The summed E-state index contributed by atoms with van der Waals surface area (Å²) in [6.07, 6.45) is 4.32. The van der Waals surface area contributed by atoms with Gasteiger partial charge in [-0.05, 0) is 29.8 Å². The maximum Gasteiger partial charge on any atom is 0.228 e. The third kappa shape index (κ3) is 3.65. The van der Waals surface area contributed by atoms with Crippen LogP contribution in [0.3, 0.4) is 0 Å². The monoisotopic (exact) mass is 411 g/mol. The molecule has 0 radical (unpaired) electrons. The number of nitrogens with zero attached hydrogens (tertiary/aromatic N) is 2. The van der Waals surface area contributed by atoms with E-state index in [2.05, 4.69) is 26.2 Å². The number of amides is 1. The topological polar surface area (TPSA) is 46.4 Å². The summed E-state index contributed by atoms with van der Waals surface area (Å²) in [5.41, 5.74) is 3.62. The summed E-state index contributed by atoms with van der Waals surface area (Å²) < 4.78 is 2.97. The molecule has 0 saturated carbocycles. The molecule has 4 nitrogen and oxygen atoms in total. The summed E-state index contributed by atoms with van der Waals surface area (Å²) in [6, 6.07) is 15.5. The van der Waals surface area contributed by atoms with Gasteiger partial charge < -0.3 is 5.32 Å². The predicted octanol–water partition coefficient (Wildman–Crippen LogP) is 5.01. The second kappa shape index (κ2) is 6.82. The Balaban J connectivity index is 1.51. The van der Waals surface area contributed by atoms with E-state index in [1.807, 2.05) is 70.7 Å². The molecule has 1 N–H and O–H groups in total. The third-order valence-electron chi connectivity index (χ3n) is 3.79. The van der Waals surface area contributed by atoms with E-state index in [1.165, 1.54) is 0 Å². The Kier molecular flexibility index (Phi) is 4.38. The van der Waals surface area contributed by atoms with Gasteiger partial charge in [-0.25, -0.2) is 4.98 Å². The van der Waals surface area contributed by atoms with Gasteiger partial charge in [-0.1, -0.05) is 40.2 Å². The van der Waals surface area contributed by atoms with Crippen LogP contribution in [0.4, 0.5) is 5.69 Å². The highest BCUT2D eigenvalue weighted by molar-refractivity contribution is 9.10. The maximum absolute atomic E-state index is 12.3. The van der Waals surface area contributed by atoms with Gasteiger partial charge in [0.1, 0.15) is 0 Å². The van der Waals surface area contributed by atoms with Crippen molar-refractivity contribution < 1.29 is 4.79 Å². The van der Waals surface area contributed by atoms with Gasteiger partial charge in [-0.2, -0.15) is 0 Å². The van der Waals surface area contributed by atoms with Gasteiger partial charge in [-0.3, -0.25) is 9.20 Å². The Morgan fingerprint density at radius 2 is 2.08 bits per heavy atom. The number of nitrogens with one attached hydrogen (secondary N) is 1. The summed E-state index contributed by atoms with van der Waals surface area (Å²) in [6.45, 7) is 0. The zero-order valence-corrected chi connectivity index (χ0v) is 15.5. The molecule has 0 spiro atoms. The fourth-order valence-electron chi connectivity index (χ4n) is 2.66. The average Bonchev–Trinajstić information content (AvgIpc) is 3.16. The van der Waals surface area contributed by atoms with Crippen LogP contribution in [0, 0.1) is 0 Å². The zero-order chi connectivity index (χ0) is 17.2. The van der Waals surface area contributed by atoms with Crippen LogP contribution in [0.15, 0.2) is 70.8 Å². The van der Waals surface area contributed by atoms with Gasteiger partial charge >= 0.3 is 0 Å². The van der Waals surface area contributed by atoms with Crippen LogP contribution in [0.1, 0.15) is 5.56 Å². The number of thiazole rings is 1. The highest BCUT2D eigenvalue weighted by atomic mass is 79.9. The molecule has 2 aromatic carbocycles. The third-order valence-corrected chi connectivity index (χ3v) is 5.05. The molecule has 25 heavy (non-hydrogen) atoms. The van der Waals surface area contributed by atoms with Gasteiger partial charge in [-0.15, -0.1) is 11.3 Å². The number of rotatable bonds is 4. The molecule has 0 atom stereocenters. The van der Waals surface area contributed by atoms with Gasteiger partial charge in [0.15, 0.2) is 4.96 Å². The van der Waals surface area contributed by atoms with E-state index in [0.29, 0.717) is 6.42 Å². The Morgan fingerprint density at radius 1 is 1.20 bits per heavy atom. The van der Waals surface area contributed by atoms with E-state index in [0.717, 1.165) is 31.9 Å². The molecular weight excluding hydrogens is 398 g/mol. The molecule has 0 fully saturated rings. The Labute approximate surface area is 157 Å². The highest BCUT2D eigenvalue weighted by Gasteiger charge is 2.08. The summed E-state index contributed by atoms with van der Waals surface area (Å²) in [5, 5.41) is 4.97. The van der Waals surface area contributed by atoms with E-state index in [9.17, 15) is 4.79 Å². The van der Waals surface area contributed by atoms with Crippen LogP contribution >= 0.6 is 27.3 Å². The van der Waals surface area contributed by atoms with E-state index < -0.39 is 0 Å². The Hall–Kier alpha value is -2.44. The molecule has 0 saturated heterocycles. The molecule has 4 aromatic rings.